The summed E-state index contributed by atoms with van der Waals surface area (Å²) in [7, 11) is 3.33. The molecule has 2 aromatic rings. The molecule has 0 saturated carbocycles. The molecule has 9 nitrogen and oxygen atoms in total. The van der Waals surface area contributed by atoms with Gasteiger partial charge in [0.1, 0.15) is 17.6 Å². The third-order valence-electron chi connectivity index (χ3n) is 6.62. The highest BCUT2D eigenvalue weighted by Gasteiger charge is 2.53. The molecule has 32 heavy (non-hydrogen) atoms. The van der Waals surface area contributed by atoms with E-state index in [9.17, 15) is 9.59 Å². The molecule has 0 spiro atoms. The van der Waals surface area contributed by atoms with Crippen molar-refractivity contribution in [3.8, 4) is 11.4 Å². The summed E-state index contributed by atoms with van der Waals surface area (Å²) in [6.07, 6.45) is 5.53. The highest BCUT2D eigenvalue weighted by atomic mass is 16.5. The average molecular weight is 438 g/mol. The molecule has 0 N–H and O–H groups in total. The summed E-state index contributed by atoms with van der Waals surface area (Å²) in [4.78, 5) is 36.5. The fraction of sp³-hybridized carbons (Fsp3) is 0.478. The number of hydrogen-bond acceptors (Lipinski definition) is 5. The van der Waals surface area contributed by atoms with Gasteiger partial charge in [0, 0.05) is 20.1 Å². The Bertz CT molecular complexity index is 1100. The van der Waals surface area contributed by atoms with Gasteiger partial charge in [0.2, 0.25) is 11.9 Å². The maximum atomic E-state index is 13.5. The first-order valence-electron chi connectivity index (χ1n) is 11.2. The molecule has 5 rings (SSSR count). The van der Waals surface area contributed by atoms with Crippen LogP contribution in [-0.2, 0) is 4.79 Å². The number of amidine groups is 1. The third-order valence-corrected chi connectivity index (χ3v) is 6.62. The number of benzene rings is 1. The van der Waals surface area contributed by atoms with Gasteiger partial charge in [-0.2, -0.15) is 4.57 Å². The maximum absolute atomic E-state index is 13.5. The Labute approximate surface area is 187 Å². The number of urea groups is 1. The second-order valence-corrected chi connectivity index (χ2v) is 8.59. The van der Waals surface area contributed by atoms with E-state index in [1.54, 1.807) is 14.2 Å². The zero-order valence-corrected chi connectivity index (χ0v) is 18.8. The number of rotatable bonds is 5. The zero-order chi connectivity index (χ0) is 22.4. The number of likely N-dealkylation sites (tertiary alicyclic amines) is 1. The largest absolute Gasteiger partial charge is 0.493 e. The second-order valence-electron chi connectivity index (χ2n) is 8.59. The molecule has 0 aliphatic carbocycles. The summed E-state index contributed by atoms with van der Waals surface area (Å²) in [5.41, 5.74) is 1.77. The quantitative estimate of drug-likeness (QED) is 0.671. The molecule has 1 aromatic carbocycles. The van der Waals surface area contributed by atoms with Crippen LogP contribution in [0.2, 0.25) is 0 Å². The molecule has 3 amide bonds. The van der Waals surface area contributed by atoms with Crippen molar-refractivity contribution in [2.24, 2.45) is 4.99 Å². The van der Waals surface area contributed by atoms with Crippen LogP contribution >= 0.6 is 0 Å². The molecule has 2 saturated heterocycles. The summed E-state index contributed by atoms with van der Waals surface area (Å²) in [5, 5.41) is 0. The number of imide groups is 1. The van der Waals surface area contributed by atoms with Crippen molar-refractivity contribution in [3.63, 3.8) is 0 Å². The van der Waals surface area contributed by atoms with E-state index in [-0.39, 0.29) is 11.9 Å². The summed E-state index contributed by atoms with van der Waals surface area (Å²) in [5.74, 6) is 1.57. The first-order valence-corrected chi connectivity index (χ1v) is 11.2. The standard InChI is InChI=1S/C23H29N6O3/c1-16-15-28-19-20(24-22(28)29(16)17-9-5-6-10-18(17)32-3)25(2)23(31)27(21(19)30)14-13-26-11-7-4-8-12-26/h5-6,9-10,15,19H,4,7-8,11-14H2,1-3H3/q+1. The number of likely N-dealkylation sites (N-methyl/N-ethyl adjacent to an activating group) is 1. The van der Waals surface area contributed by atoms with Crippen LogP contribution in [0.4, 0.5) is 10.7 Å². The van der Waals surface area contributed by atoms with Gasteiger partial charge in [0.25, 0.3) is 5.91 Å². The van der Waals surface area contributed by atoms with Gasteiger partial charge in [-0.15, -0.1) is 0 Å². The lowest BCUT2D eigenvalue weighted by atomic mass is 10.1. The van der Waals surface area contributed by atoms with Crippen LogP contribution in [0.15, 0.2) is 35.5 Å². The Morgan fingerprint density at radius 1 is 1.12 bits per heavy atom. The van der Waals surface area contributed by atoms with Gasteiger partial charge in [-0.05, 0) is 45.0 Å². The Hall–Kier alpha value is -3.20. The van der Waals surface area contributed by atoms with E-state index in [1.165, 1.54) is 29.1 Å². The summed E-state index contributed by atoms with van der Waals surface area (Å²) in [6.45, 7) is 5.14. The van der Waals surface area contributed by atoms with Gasteiger partial charge in [-0.3, -0.25) is 14.6 Å². The molecule has 0 bridgehead atoms. The molecule has 168 valence electrons. The molecule has 4 heterocycles. The molecule has 9 heteroatoms. The van der Waals surface area contributed by atoms with Crippen molar-refractivity contribution in [2.75, 3.05) is 40.3 Å². The summed E-state index contributed by atoms with van der Waals surface area (Å²) < 4.78 is 9.38. The Morgan fingerprint density at radius 3 is 2.62 bits per heavy atom. The minimum Gasteiger partial charge on any atom is -0.493 e. The van der Waals surface area contributed by atoms with Crippen molar-refractivity contribution in [3.05, 3.63) is 36.2 Å². The van der Waals surface area contributed by atoms with Crippen LogP contribution in [0, 0.1) is 6.92 Å². The normalized spacial score (nSPS) is 21.0. The Morgan fingerprint density at radius 2 is 1.88 bits per heavy atom. The van der Waals surface area contributed by atoms with Gasteiger partial charge in [-0.25, -0.2) is 9.36 Å². The number of aromatic nitrogens is 2. The van der Waals surface area contributed by atoms with E-state index in [4.69, 9.17) is 9.73 Å². The van der Waals surface area contributed by atoms with Crippen molar-refractivity contribution < 1.29 is 18.9 Å². The van der Waals surface area contributed by atoms with Crippen molar-refractivity contribution in [1.82, 2.24) is 19.3 Å². The van der Waals surface area contributed by atoms with Crippen LogP contribution in [-0.4, -0.2) is 77.4 Å². The highest BCUT2D eigenvalue weighted by Crippen LogP contribution is 2.33. The molecule has 1 aromatic heterocycles. The number of aliphatic imine (C=N–C) groups is 1. The number of methoxy groups -OCH3 is 1. The van der Waals surface area contributed by atoms with E-state index < -0.39 is 6.04 Å². The monoisotopic (exact) mass is 437 g/mol. The topological polar surface area (TPSA) is 74.3 Å². The number of carbonyl (C=O) groups is 2. The minimum atomic E-state index is -0.635. The number of aryl methyl sites for hydroxylation is 1. The smallest absolute Gasteiger partial charge is 0.407 e. The van der Waals surface area contributed by atoms with Crippen LogP contribution in [0.25, 0.3) is 5.69 Å². The number of carbonyl (C=O) groups excluding carboxylic acids is 2. The Kier molecular flexibility index (Phi) is 5.21. The number of fused-ring (bicyclic) bond motifs is 3. The van der Waals surface area contributed by atoms with Crippen LogP contribution in [0.1, 0.15) is 31.0 Å². The molecule has 1 unspecified atom stereocenters. The fourth-order valence-electron chi connectivity index (χ4n) is 4.93. The predicted molar refractivity (Wildman–Crippen MR) is 119 cm³/mol. The lowest BCUT2D eigenvalue weighted by Crippen LogP contribution is -2.63. The molecule has 1 atom stereocenters. The van der Waals surface area contributed by atoms with Crippen LogP contribution in [0.5, 0.6) is 5.75 Å². The van der Waals surface area contributed by atoms with Gasteiger partial charge >= 0.3 is 12.0 Å². The van der Waals surface area contributed by atoms with Gasteiger partial charge < -0.3 is 9.64 Å². The van der Waals surface area contributed by atoms with Gasteiger partial charge in [0.05, 0.1) is 7.11 Å². The number of imidazole rings is 1. The van der Waals surface area contributed by atoms with E-state index in [1.807, 2.05) is 46.5 Å². The van der Waals surface area contributed by atoms with Crippen molar-refractivity contribution in [1.29, 1.82) is 0 Å². The average Bonchev–Trinajstić information content (AvgIpc) is 3.32. The van der Waals surface area contributed by atoms with Crippen molar-refractivity contribution in [2.45, 2.75) is 32.2 Å². The lowest BCUT2D eigenvalue weighted by molar-refractivity contribution is -0.676. The molecular formula is C23H29N6O3+. The number of piperidine rings is 1. The third kappa shape index (κ3) is 3.19. The molecule has 0 radical (unpaired) electrons. The SMILES string of the molecule is COc1ccccc1-n1c(C)c[n+]2c1N=C1C2C(=O)N(CCN2CCCCC2)C(=O)N1C. The molecular weight excluding hydrogens is 408 g/mol. The molecule has 3 aliphatic heterocycles. The predicted octanol–water partition coefficient (Wildman–Crippen LogP) is 2.05. The van der Waals surface area contributed by atoms with E-state index in [2.05, 4.69) is 4.90 Å². The summed E-state index contributed by atoms with van der Waals surface area (Å²) >= 11 is 0. The summed E-state index contributed by atoms with van der Waals surface area (Å²) in [6, 6.07) is 6.75. The minimum absolute atomic E-state index is 0.218. The number of para-hydroxylation sites is 2. The highest BCUT2D eigenvalue weighted by molar-refractivity contribution is 6.19. The van der Waals surface area contributed by atoms with E-state index >= 15 is 0 Å². The van der Waals surface area contributed by atoms with E-state index in [0.717, 1.165) is 24.5 Å². The molecule has 3 aliphatic rings. The first-order chi connectivity index (χ1) is 15.5. The van der Waals surface area contributed by atoms with Crippen molar-refractivity contribution >= 4 is 23.7 Å². The zero-order valence-electron chi connectivity index (χ0n) is 18.8. The number of hydrogen-bond donors (Lipinski definition) is 0. The van der Waals surface area contributed by atoms with Crippen LogP contribution < -0.4 is 9.30 Å². The van der Waals surface area contributed by atoms with Crippen LogP contribution in [0.3, 0.4) is 0 Å². The number of amides is 3. The second kappa shape index (κ2) is 8.05. The van der Waals surface area contributed by atoms with Gasteiger partial charge in [0.15, 0.2) is 5.75 Å². The number of ether oxygens (including phenoxy) is 1. The first kappa shape index (κ1) is 20.7. The van der Waals surface area contributed by atoms with E-state index in [0.29, 0.717) is 30.6 Å². The van der Waals surface area contributed by atoms with Gasteiger partial charge in [-0.1, -0.05) is 23.5 Å². The Balaban J connectivity index is 1.48. The lowest BCUT2D eigenvalue weighted by Gasteiger charge is -2.35. The maximum Gasteiger partial charge on any atom is 0.407 e. The number of nitrogens with zero attached hydrogens (tertiary/aromatic N) is 6. The molecule has 2 fully saturated rings. The fourth-order valence-corrected chi connectivity index (χ4v) is 4.93.